The second-order valence-electron chi connectivity index (χ2n) is 2.35. The van der Waals surface area contributed by atoms with Gasteiger partial charge in [0.2, 0.25) is 0 Å². The topological polar surface area (TPSA) is 3.01 Å². The molecule has 0 aromatic heterocycles. The fourth-order valence-electron chi connectivity index (χ4n) is 1.05. The summed E-state index contributed by atoms with van der Waals surface area (Å²) >= 11 is 10.8. The number of rotatable bonds is 1. The molecule has 0 unspecified atom stereocenters. The maximum absolute atomic E-state index is 5.42. The van der Waals surface area contributed by atoms with E-state index in [-0.39, 0.29) is 12.4 Å². The number of hydrogen-bond acceptors (Lipinski definition) is 0. The molecule has 11 heavy (non-hydrogen) atoms. The molecule has 0 aliphatic carbocycles. The van der Waals surface area contributed by atoms with Crippen LogP contribution in [0.15, 0.2) is 10.6 Å². The summed E-state index contributed by atoms with van der Waals surface area (Å²) in [6, 6.07) is 0. The van der Waals surface area contributed by atoms with Gasteiger partial charge in [-0.05, 0) is 0 Å². The van der Waals surface area contributed by atoms with Crippen LogP contribution in [0.25, 0.3) is 0 Å². The van der Waals surface area contributed by atoms with E-state index in [1.54, 1.807) is 6.08 Å². The molecular weight excluding hydrogens is 204 g/mol. The molecule has 0 aromatic carbocycles. The van der Waals surface area contributed by atoms with Gasteiger partial charge in [0.15, 0.2) is 6.21 Å². The Morgan fingerprint density at radius 3 is 2.18 bits per heavy atom. The lowest BCUT2D eigenvalue weighted by atomic mass is 10.4. The highest BCUT2D eigenvalue weighted by atomic mass is 35.5. The third-order valence-corrected chi connectivity index (χ3v) is 1.80. The van der Waals surface area contributed by atoms with Gasteiger partial charge in [0.25, 0.3) is 0 Å². The Bertz CT molecular complexity index is 163. The van der Waals surface area contributed by atoms with Gasteiger partial charge in [-0.25, -0.2) is 4.58 Å². The third kappa shape index (κ3) is 4.67. The van der Waals surface area contributed by atoms with Crippen LogP contribution in [0.4, 0.5) is 0 Å². The summed E-state index contributed by atoms with van der Waals surface area (Å²) in [6.45, 7) is 2.27. The second kappa shape index (κ2) is 5.87. The first kappa shape index (κ1) is 11.3. The van der Waals surface area contributed by atoms with E-state index in [1.165, 1.54) is 12.8 Å². The van der Waals surface area contributed by atoms with Crippen molar-refractivity contribution in [3.05, 3.63) is 10.6 Å². The zero-order valence-corrected chi connectivity index (χ0v) is 8.33. The molecule has 0 bridgehead atoms. The Kier molecular flexibility index (Phi) is 6.02. The molecule has 4 heteroatoms. The smallest absolute Gasteiger partial charge is 0.165 e. The first-order chi connectivity index (χ1) is 4.79. The number of nitrogens with zero attached hydrogens (tertiary/aromatic N) is 1. The number of allylic oxidation sites excluding steroid dienone is 1. The molecule has 1 heterocycles. The molecule has 0 atom stereocenters. The Hall–Kier alpha value is 0.280. The molecule has 0 amide bonds. The highest BCUT2D eigenvalue weighted by Crippen LogP contribution is 2.05. The molecule has 0 N–H and O–H groups in total. The van der Waals surface area contributed by atoms with Crippen LogP contribution in [-0.2, 0) is 0 Å². The molecule has 0 aromatic rings. The monoisotopic (exact) mass is 213 g/mol. The van der Waals surface area contributed by atoms with Gasteiger partial charge in [-0.2, -0.15) is 0 Å². The van der Waals surface area contributed by atoms with Crippen molar-refractivity contribution in [1.82, 2.24) is 0 Å². The maximum Gasteiger partial charge on any atom is 0.165 e. The summed E-state index contributed by atoms with van der Waals surface area (Å²) in [4.78, 5) is 0. The summed E-state index contributed by atoms with van der Waals surface area (Å²) < 4.78 is 2.54. The fraction of sp³-hybridized carbons (Fsp3) is 0.571. The van der Waals surface area contributed by atoms with Crippen LogP contribution in [-0.4, -0.2) is 23.9 Å². The normalized spacial score (nSPS) is 15.6. The maximum atomic E-state index is 5.42. The molecule has 1 aliphatic rings. The molecule has 1 saturated heterocycles. The van der Waals surface area contributed by atoms with Gasteiger partial charge in [-0.15, -0.1) is 0 Å². The van der Waals surface area contributed by atoms with E-state index in [9.17, 15) is 0 Å². The molecule has 0 saturated carbocycles. The van der Waals surface area contributed by atoms with Crippen LogP contribution >= 0.6 is 23.2 Å². The standard InChI is InChI=1S/C7H10Cl2N.ClH/c8-7(9)3-6-10-4-1-2-5-10;/h3,6H,1-2,4-5H2;1H/q+1;/p-1. The largest absolute Gasteiger partial charge is 1.00 e. The SMILES string of the molecule is ClC(Cl)=CC=[N+]1CCCC1.[Cl-]. The summed E-state index contributed by atoms with van der Waals surface area (Å²) in [6.07, 6.45) is 6.23. The van der Waals surface area contributed by atoms with E-state index in [0.717, 1.165) is 13.1 Å². The van der Waals surface area contributed by atoms with Crippen molar-refractivity contribution in [2.75, 3.05) is 13.1 Å². The van der Waals surface area contributed by atoms with Crippen LogP contribution < -0.4 is 12.4 Å². The minimum Gasteiger partial charge on any atom is -1.00 e. The lowest BCUT2D eigenvalue weighted by Gasteiger charge is -1.85. The second-order valence-corrected chi connectivity index (χ2v) is 3.36. The minimum absolute atomic E-state index is 0. The van der Waals surface area contributed by atoms with Crippen molar-refractivity contribution in [3.8, 4) is 0 Å². The lowest BCUT2D eigenvalue weighted by Crippen LogP contribution is -3.00. The van der Waals surface area contributed by atoms with Crippen molar-refractivity contribution >= 4 is 29.4 Å². The molecular formula is C7H10Cl3N. The van der Waals surface area contributed by atoms with E-state index < -0.39 is 0 Å². The van der Waals surface area contributed by atoms with Gasteiger partial charge in [0, 0.05) is 18.9 Å². The van der Waals surface area contributed by atoms with E-state index >= 15 is 0 Å². The van der Waals surface area contributed by atoms with Crippen LogP contribution in [0.2, 0.25) is 0 Å². The van der Waals surface area contributed by atoms with Crippen LogP contribution in [0.1, 0.15) is 12.8 Å². The van der Waals surface area contributed by atoms with Gasteiger partial charge in [-0.1, -0.05) is 23.2 Å². The summed E-state index contributed by atoms with van der Waals surface area (Å²) in [5.74, 6) is 0. The van der Waals surface area contributed by atoms with Crippen LogP contribution in [0, 0.1) is 0 Å². The summed E-state index contributed by atoms with van der Waals surface area (Å²) in [7, 11) is 0. The quantitative estimate of drug-likeness (QED) is 0.502. The fourth-order valence-corrected chi connectivity index (χ4v) is 1.17. The Balaban J connectivity index is 0.000001000. The molecule has 1 rings (SSSR count). The van der Waals surface area contributed by atoms with E-state index in [4.69, 9.17) is 23.2 Å². The molecule has 64 valence electrons. The third-order valence-electron chi connectivity index (χ3n) is 1.55. The van der Waals surface area contributed by atoms with Gasteiger partial charge in [0.1, 0.15) is 17.6 Å². The molecule has 0 radical (unpaired) electrons. The zero-order chi connectivity index (χ0) is 7.40. The van der Waals surface area contributed by atoms with Crippen molar-refractivity contribution in [2.24, 2.45) is 0 Å². The lowest BCUT2D eigenvalue weighted by molar-refractivity contribution is -0.500. The van der Waals surface area contributed by atoms with Crippen molar-refractivity contribution in [1.29, 1.82) is 0 Å². The van der Waals surface area contributed by atoms with Gasteiger partial charge in [0.05, 0.1) is 0 Å². The predicted molar refractivity (Wildman–Crippen MR) is 45.1 cm³/mol. The van der Waals surface area contributed by atoms with Gasteiger partial charge < -0.3 is 12.4 Å². The number of hydrogen-bond donors (Lipinski definition) is 0. The first-order valence-electron chi connectivity index (χ1n) is 3.39. The summed E-state index contributed by atoms with van der Waals surface area (Å²) in [5.41, 5.74) is 0. The Labute approximate surface area is 83.1 Å². The zero-order valence-electron chi connectivity index (χ0n) is 6.06. The van der Waals surface area contributed by atoms with E-state index in [0.29, 0.717) is 4.49 Å². The van der Waals surface area contributed by atoms with Crippen molar-refractivity contribution in [2.45, 2.75) is 12.8 Å². The average molecular weight is 215 g/mol. The Morgan fingerprint density at radius 1 is 1.18 bits per heavy atom. The highest BCUT2D eigenvalue weighted by molar-refractivity contribution is 6.56. The van der Waals surface area contributed by atoms with Gasteiger partial charge >= 0.3 is 0 Å². The molecule has 1 nitrogen and oxygen atoms in total. The van der Waals surface area contributed by atoms with Gasteiger partial charge in [-0.3, -0.25) is 0 Å². The average Bonchev–Trinajstić information content (AvgIpc) is 2.34. The van der Waals surface area contributed by atoms with Crippen molar-refractivity contribution in [3.63, 3.8) is 0 Å². The molecule has 0 spiro atoms. The predicted octanol–water partition coefficient (Wildman–Crippen LogP) is -0.814. The summed E-state index contributed by atoms with van der Waals surface area (Å²) in [5, 5.41) is 0. The van der Waals surface area contributed by atoms with Crippen LogP contribution in [0.5, 0.6) is 0 Å². The minimum atomic E-state index is 0. The van der Waals surface area contributed by atoms with E-state index in [2.05, 4.69) is 4.58 Å². The highest BCUT2D eigenvalue weighted by Gasteiger charge is 2.10. The Morgan fingerprint density at radius 2 is 1.73 bits per heavy atom. The first-order valence-corrected chi connectivity index (χ1v) is 4.15. The van der Waals surface area contributed by atoms with Crippen molar-refractivity contribution < 1.29 is 17.0 Å². The molecule has 1 aliphatic heterocycles. The number of halogens is 3. The van der Waals surface area contributed by atoms with E-state index in [1.807, 2.05) is 6.21 Å². The van der Waals surface area contributed by atoms with Crippen LogP contribution in [0.3, 0.4) is 0 Å². The molecule has 1 fully saturated rings.